The Morgan fingerprint density at radius 2 is 2.33 bits per heavy atom. The van der Waals surface area contributed by atoms with Gasteiger partial charge in [-0.2, -0.15) is 0 Å². The molecule has 0 bridgehead atoms. The molecule has 2 unspecified atom stereocenters. The number of hydrogen-bond donors (Lipinski definition) is 2. The molecule has 1 fully saturated rings. The highest BCUT2D eigenvalue weighted by molar-refractivity contribution is 4.80. The third kappa shape index (κ3) is 2.73. The van der Waals surface area contributed by atoms with Gasteiger partial charge in [-0.05, 0) is 33.4 Å². The highest BCUT2D eigenvalue weighted by Gasteiger charge is 2.21. The van der Waals surface area contributed by atoms with E-state index in [4.69, 9.17) is 5.73 Å². The van der Waals surface area contributed by atoms with Crippen molar-refractivity contribution >= 4 is 0 Å². The van der Waals surface area contributed by atoms with Crippen LogP contribution in [0.1, 0.15) is 19.8 Å². The lowest BCUT2D eigenvalue weighted by molar-refractivity contribution is 0.169. The predicted octanol–water partition coefficient (Wildman–Crippen LogP) is 0.0174. The summed E-state index contributed by atoms with van der Waals surface area (Å²) in [5.41, 5.74) is 5.43. The molecular formula is C9H21N3. The van der Waals surface area contributed by atoms with Gasteiger partial charge in [0.2, 0.25) is 0 Å². The Kier molecular flexibility index (Phi) is 3.98. The van der Waals surface area contributed by atoms with Gasteiger partial charge >= 0.3 is 0 Å². The van der Waals surface area contributed by atoms with Crippen LogP contribution in [0.15, 0.2) is 0 Å². The minimum Gasteiger partial charge on any atom is -0.329 e. The Morgan fingerprint density at radius 3 is 2.92 bits per heavy atom. The normalized spacial score (nSPS) is 32.2. The second kappa shape index (κ2) is 4.80. The van der Waals surface area contributed by atoms with Crippen LogP contribution < -0.4 is 11.1 Å². The van der Waals surface area contributed by atoms with Gasteiger partial charge in [-0.1, -0.05) is 0 Å². The molecule has 3 N–H and O–H groups in total. The first-order chi connectivity index (χ1) is 5.74. The number of nitrogens with zero attached hydrogens (tertiary/aromatic N) is 1. The van der Waals surface area contributed by atoms with E-state index in [1.165, 1.54) is 19.4 Å². The van der Waals surface area contributed by atoms with E-state index in [0.717, 1.165) is 13.1 Å². The van der Waals surface area contributed by atoms with Gasteiger partial charge in [-0.3, -0.25) is 0 Å². The van der Waals surface area contributed by atoms with E-state index in [1.807, 2.05) is 0 Å². The molecule has 0 aromatic carbocycles. The van der Waals surface area contributed by atoms with E-state index in [9.17, 15) is 0 Å². The quantitative estimate of drug-likeness (QED) is 0.629. The summed E-state index contributed by atoms with van der Waals surface area (Å²) in [4.78, 5) is 2.42. The van der Waals surface area contributed by atoms with Crippen LogP contribution >= 0.6 is 0 Å². The minimum atomic E-state index is 0.694. The number of nitrogens with one attached hydrogen (secondary N) is 1. The number of rotatable bonds is 3. The molecule has 1 aliphatic rings. The molecule has 3 heteroatoms. The van der Waals surface area contributed by atoms with Gasteiger partial charge in [0.1, 0.15) is 0 Å². The van der Waals surface area contributed by atoms with E-state index in [1.54, 1.807) is 0 Å². The molecule has 1 heterocycles. The van der Waals surface area contributed by atoms with Crippen molar-refractivity contribution in [1.82, 2.24) is 10.2 Å². The van der Waals surface area contributed by atoms with Crippen molar-refractivity contribution in [2.45, 2.75) is 31.8 Å². The van der Waals surface area contributed by atoms with Crippen molar-refractivity contribution < 1.29 is 0 Å². The van der Waals surface area contributed by atoms with Crippen LogP contribution in [0.5, 0.6) is 0 Å². The van der Waals surface area contributed by atoms with Crippen molar-refractivity contribution in [2.75, 3.05) is 26.7 Å². The highest BCUT2D eigenvalue weighted by atomic mass is 15.1. The summed E-state index contributed by atoms with van der Waals surface area (Å²) in [6, 6.07) is 1.41. The molecule has 1 rings (SSSR count). The van der Waals surface area contributed by atoms with Crippen LogP contribution in [-0.2, 0) is 0 Å². The lowest BCUT2D eigenvalue weighted by atomic mass is 9.99. The monoisotopic (exact) mass is 171 g/mol. The van der Waals surface area contributed by atoms with Crippen molar-refractivity contribution in [3.05, 3.63) is 0 Å². The first-order valence-electron chi connectivity index (χ1n) is 4.87. The Bertz CT molecular complexity index is 125. The van der Waals surface area contributed by atoms with Gasteiger partial charge in [0.15, 0.2) is 0 Å². The third-order valence-corrected chi connectivity index (χ3v) is 2.79. The van der Waals surface area contributed by atoms with E-state index in [2.05, 4.69) is 24.2 Å². The topological polar surface area (TPSA) is 41.3 Å². The molecule has 0 saturated carbocycles. The third-order valence-electron chi connectivity index (χ3n) is 2.79. The van der Waals surface area contributed by atoms with Crippen LogP contribution in [0.4, 0.5) is 0 Å². The summed E-state index contributed by atoms with van der Waals surface area (Å²) in [5, 5.41) is 3.47. The summed E-state index contributed by atoms with van der Waals surface area (Å²) in [6.07, 6.45) is 2.53. The number of nitrogens with two attached hydrogens (primary N) is 1. The zero-order valence-electron chi connectivity index (χ0n) is 8.21. The molecule has 0 amide bonds. The number of piperidine rings is 1. The largest absolute Gasteiger partial charge is 0.329 e. The lowest BCUT2D eigenvalue weighted by Crippen LogP contribution is -2.46. The molecule has 1 saturated heterocycles. The van der Waals surface area contributed by atoms with Gasteiger partial charge in [0, 0.05) is 25.2 Å². The smallest absolute Gasteiger partial charge is 0.00945 e. The number of hydrogen-bond acceptors (Lipinski definition) is 3. The van der Waals surface area contributed by atoms with Crippen LogP contribution in [0.3, 0.4) is 0 Å². The summed E-state index contributed by atoms with van der Waals surface area (Å²) >= 11 is 0. The fourth-order valence-electron chi connectivity index (χ4n) is 1.76. The van der Waals surface area contributed by atoms with E-state index < -0.39 is 0 Å². The van der Waals surface area contributed by atoms with E-state index in [0.29, 0.717) is 12.1 Å². The molecule has 2 atom stereocenters. The SMILES string of the molecule is CC1CC(NCCN)CCN1C. The molecule has 0 spiro atoms. The molecule has 0 aliphatic carbocycles. The molecule has 0 aromatic rings. The summed E-state index contributed by atoms with van der Waals surface area (Å²) in [6.45, 7) is 5.21. The molecule has 0 aromatic heterocycles. The second-order valence-electron chi connectivity index (χ2n) is 3.79. The second-order valence-corrected chi connectivity index (χ2v) is 3.79. The van der Waals surface area contributed by atoms with Crippen LogP contribution in [0, 0.1) is 0 Å². The summed E-state index contributed by atoms with van der Waals surface area (Å²) < 4.78 is 0. The maximum Gasteiger partial charge on any atom is 0.00945 e. The Morgan fingerprint density at radius 1 is 1.58 bits per heavy atom. The maximum absolute atomic E-state index is 5.43. The first kappa shape index (κ1) is 9.96. The fraction of sp³-hybridized carbons (Fsp3) is 1.00. The molecule has 12 heavy (non-hydrogen) atoms. The standard InChI is InChI=1S/C9H21N3/c1-8-7-9(11-5-4-10)3-6-12(8)2/h8-9,11H,3-7,10H2,1-2H3. The Labute approximate surface area is 75.3 Å². The van der Waals surface area contributed by atoms with Gasteiger partial charge in [0.05, 0.1) is 0 Å². The zero-order chi connectivity index (χ0) is 8.97. The van der Waals surface area contributed by atoms with E-state index in [-0.39, 0.29) is 0 Å². The predicted molar refractivity (Wildman–Crippen MR) is 52.2 cm³/mol. The number of likely N-dealkylation sites (tertiary alicyclic amines) is 1. The van der Waals surface area contributed by atoms with Crippen LogP contribution in [0.2, 0.25) is 0 Å². The first-order valence-corrected chi connectivity index (χ1v) is 4.87. The van der Waals surface area contributed by atoms with Crippen molar-refractivity contribution in [3.63, 3.8) is 0 Å². The van der Waals surface area contributed by atoms with Crippen LogP contribution in [-0.4, -0.2) is 43.7 Å². The van der Waals surface area contributed by atoms with Gasteiger partial charge in [-0.25, -0.2) is 0 Å². The van der Waals surface area contributed by atoms with Gasteiger partial charge < -0.3 is 16.0 Å². The summed E-state index contributed by atoms with van der Waals surface area (Å²) in [7, 11) is 2.20. The molecule has 3 nitrogen and oxygen atoms in total. The van der Waals surface area contributed by atoms with E-state index >= 15 is 0 Å². The average Bonchev–Trinajstić information content (AvgIpc) is 2.07. The fourth-order valence-corrected chi connectivity index (χ4v) is 1.76. The van der Waals surface area contributed by atoms with Crippen LogP contribution in [0.25, 0.3) is 0 Å². The Hall–Kier alpha value is -0.120. The van der Waals surface area contributed by atoms with Crippen molar-refractivity contribution in [1.29, 1.82) is 0 Å². The Balaban J connectivity index is 2.21. The lowest BCUT2D eigenvalue weighted by Gasteiger charge is -2.35. The zero-order valence-corrected chi connectivity index (χ0v) is 8.21. The van der Waals surface area contributed by atoms with Gasteiger partial charge in [0.25, 0.3) is 0 Å². The minimum absolute atomic E-state index is 0.694. The average molecular weight is 171 g/mol. The highest BCUT2D eigenvalue weighted by Crippen LogP contribution is 2.14. The van der Waals surface area contributed by atoms with Gasteiger partial charge in [-0.15, -0.1) is 0 Å². The van der Waals surface area contributed by atoms with Crippen molar-refractivity contribution in [3.8, 4) is 0 Å². The summed E-state index contributed by atoms with van der Waals surface area (Å²) in [5.74, 6) is 0. The molecule has 72 valence electrons. The molecular weight excluding hydrogens is 150 g/mol. The maximum atomic E-state index is 5.43. The van der Waals surface area contributed by atoms with Crippen molar-refractivity contribution in [2.24, 2.45) is 5.73 Å². The molecule has 0 radical (unpaired) electrons. The molecule has 1 aliphatic heterocycles.